The van der Waals surface area contributed by atoms with Crippen molar-refractivity contribution in [2.45, 2.75) is 77.4 Å². The maximum Gasteiger partial charge on any atom is 0.224 e. The van der Waals surface area contributed by atoms with Crippen LogP contribution in [0.25, 0.3) is 0 Å². The van der Waals surface area contributed by atoms with E-state index in [0.717, 1.165) is 29.9 Å². The Hall–Kier alpha value is -2.40. The van der Waals surface area contributed by atoms with Crippen molar-refractivity contribution >= 4 is 23.4 Å². The van der Waals surface area contributed by atoms with Gasteiger partial charge in [0.05, 0.1) is 6.20 Å². The largest absolute Gasteiger partial charge is 0.369 e. The van der Waals surface area contributed by atoms with E-state index in [9.17, 15) is 5.26 Å². The molecule has 1 aliphatic heterocycles. The number of rotatable bonds is 10. The van der Waals surface area contributed by atoms with Gasteiger partial charge in [0.2, 0.25) is 5.95 Å². The molecule has 0 amide bonds. The third-order valence-electron chi connectivity index (χ3n) is 9.32. The number of piperidine rings is 1. The van der Waals surface area contributed by atoms with E-state index in [2.05, 4.69) is 50.7 Å². The van der Waals surface area contributed by atoms with E-state index in [1.54, 1.807) is 6.20 Å². The maximum absolute atomic E-state index is 9.65. The Bertz CT molecular complexity index is 1110. The van der Waals surface area contributed by atoms with Crippen LogP contribution >= 0.6 is 11.6 Å². The van der Waals surface area contributed by atoms with Crippen LogP contribution in [0.1, 0.15) is 69.9 Å². The normalized spacial score (nSPS) is 25.8. The highest BCUT2D eigenvalue weighted by Crippen LogP contribution is 2.43. The lowest BCUT2D eigenvalue weighted by Crippen LogP contribution is -2.52. The van der Waals surface area contributed by atoms with E-state index < -0.39 is 0 Å². The molecule has 2 saturated carbocycles. The van der Waals surface area contributed by atoms with Crippen molar-refractivity contribution in [1.29, 1.82) is 5.26 Å². The minimum atomic E-state index is 0.484. The zero-order chi connectivity index (χ0) is 27.2. The number of nitriles is 1. The predicted octanol–water partition coefficient (Wildman–Crippen LogP) is 5.93. The van der Waals surface area contributed by atoms with E-state index in [1.807, 2.05) is 24.3 Å². The van der Waals surface area contributed by atoms with Crippen molar-refractivity contribution in [3.8, 4) is 6.07 Å². The minimum Gasteiger partial charge on any atom is -0.369 e. The zero-order valence-corrected chi connectivity index (χ0v) is 24.3. The second-order valence-electron chi connectivity index (χ2n) is 12.2. The van der Waals surface area contributed by atoms with Gasteiger partial charge in [-0.1, -0.05) is 36.2 Å². The molecule has 3 fully saturated rings. The summed E-state index contributed by atoms with van der Waals surface area (Å²) in [5.74, 6) is 4.06. The van der Waals surface area contributed by atoms with Crippen molar-refractivity contribution in [1.82, 2.24) is 20.2 Å². The van der Waals surface area contributed by atoms with Gasteiger partial charge in [-0.05, 0) is 107 Å². The Morgan fingerprint density at radius 1 is 1.03 bits per heavy atom. The van der Waals surface area contributed by atoms with Crippen LogP contribution in [-0.4, -0.2) is 53.1 Å². The Kier molecular flexibility index (Phi) is 9.60. The third kappa shape index (κ3) is 7.22. The van der Waals surface area contributed by atoms with Crippen LogP contribution in [0.2, 0.25) is 5.02 Å². The van der Waals surface area contributed by atoms with Gasteiger partial charge in [0.1, 0.15) is 17.5 Å². The summed E-state index contributed by atoms with van der Waals surface area (Å²) in [6.07, 6.45) is 10.8. The van der Waals surface area contributed by atoms with Crippen molar-refractivity contribution in [2.75, 3.05) is 36.8 Å². The van der Waals surface area contributed by atoms with Crippen LogP contribution in [0.5, 0.6) is 0 Å². The quantitative estimate of drug-likeness (QED) is 0.338. The minimum absolute atomic E-state index is 0.484. The van der Waals surface area contributed by atoms with Gasteiger partial charge in [-0.2, -0.15) is 10.2 Å². The van der Waals surface area contributed by atoms with E-state index in [-0.39, 0.29) is 0 Å². The summed E-state index contributed by atoms with van der Waals surface area (Å²) in [7, 11) is 0. The van der Waals surface area contributed by atoms with E-state index in [0.29, 0.717) is 46.9 Å². The number of hydrogen-bond acceptors (Lipinski definition) is 7. The molecule has 2 bridgehead atoms. The fourth-order valence-corrected chi connectivity index (χ4v) is 7.29. The lowest BCUT2D eigenvalue weighted by molar-refractivity contribution is 0.0788. The molecule has 39 heavy (non-hydrogen) atoms. The highest BCUT2D eigenvalue weighted by molar-refractivity contribution is 6.31. The van der Waals surface area contributed by atoms with Crippen molar-refractivity contribution in [2.24, 2.45) is 23.7 Å². The number of halogens is 1. The van der Waals surface area contributed by atoms with Gasteiger partial charge in [0.25, 0.3) is 0 Å². The molecule has 0 radical (unpaired) electrons. The second-order valence-corrected chi connectivity index (χ2v) is 12.6. The van der Waals surface area contributed by atoms with E-state index >= 15 is 0 Å². The smallest absolute Gasteiger partial charge is 0.224 e. The zero-order valence-electron chi connectivity index (χ0n) is 23.5. The van der Waals surface area contributed by atoms with Crippen LogP contribution < -0.4 is 16.0 Å². The van der Waals surface area contributed by atoms with Crippen molar-refractivity contribution in [3.05, 3.63) is 46.6 Å². The summed E-state index contributed by atoms with van der Waals surface area (Å²) >= 11 is 6.29. The fourth-order valence-electron chi connectivity index (χ4n) is 7.08. The molecule has 210 valence electrons. The van der Waals surface area contributed by atoms with Crippen LogP contribution in [0.15, 0.2) is 30.5 Å². The van der Waals surface area contributed by atoms with Gasteiger partial charge in [-0.25, -0.2) is 4.98 Å². The summed E-state index contributed by atoms with van der Waals surface area (Å²) in [5.41, 5.74) is 1.47. The first-order valence-electron chi connectivity index (χ1n) is 15.0. The monoisotopic (exact) mass is 549 g/mol. The summed E-state index contributed by atoms with van der Waals surface area (Å²) in [5, 5.41) is 21.2. The third-order valence-corrected chi connectivity index (χ3v) is 9.69. The lowest BCUT2D eigenvalue weighted by atomic mass is 9.64. The summed E-state index contributed by atoms with van der Waals surface area (Å²) in [6.45, 7) is 9.70. The molecule has 5 rings (SSSR count). The molecule has 2 aromatic rings. The Morgan fingerprint density at radius 2 is 1.77 bits per heavy atom. The molecule has 3 aliphatic rings. The van der Waals surface area contributed by atoms with Crippen LogP contribution in [0.4, 0.5) is 11.8 Å². The van der Waals surface area contributed by atoms with E-state index in [4.69, 9.17) is 11.6 Å². The van der Waals surface area contributed by atoms with Crippen LogP contribution in [0.3, 0.4) is 0 Å². The molecule has 7 nitrogen and oxygen atoms in total. The number of hydrogen-bond donors (Lipinski definition) is 3. The molecule has 4 atom stereocenters. The molecule has 2 aliphatic carbocycles. The topological polar surface area (TPSA) is 88.9 Å². The number of benzene rings is 1. The van der Waals surface area contributed by atoms with Crippen molar-refractivity contribution < 1.29 is 0 Å². The molecule has 8 heteroatoms. The molecular formula is C31H44ClN7. The molecule has 2 heterocycles. The van der Waals surface area contributed by atoms with Crippen molar-refractivity contribution in [3.63, 3.8) is 0 Å². The number of likely N-dealkylation sites (tertiary alicyclic amines) is 1. The number of anilines is 2. The van der Waals surface area contributed by atoms with E-state index in [1.165, 1.54) is 64.6 Å². The van der Waals surface area contributed by atoms with Gasteiger partial charge in [-0.15, -0.1) is 0 Å². The summed E-state index contributed by atoms with van der Waals surface area (Å²) in [6, 6.07) is 11.3. The fraction of sp³-hybridized carbons (Fsp3) is 0.645. The van der Waals surface area contributed by atoms with Gasteiger partial charge < -0.3 is 20.9 Å². The molecule has 0 spiro atoms. The lowest BCUT2D eigenvalue weighted by Gasteiger charge is -2.47. The molecule has 1 aromatic heterocycles. The molecular weight excluding hydrogens is 506 g/mol. The number of nitrogens with one attached hydrogen (secondary N) is 3. The molecule has 3 N–H and O–H groups in total. The second kappa shape index (κ2) is 13.3. The average molecular weight is 550 g/mol. The average Bonchev–Trinajstić information content (AvgIpc) is 2.94. The molecule has 1 saturated heterocycles. The summed E-state index contributed by atoms with van der Waals surface area (Å²) < 4.78 is 0. The first-order chi connectivity index (χ1) is 19.0. The SMILES string of the molecule is CC(C)N1CCC(CNC2[C@@H]3CCC[C@H]2CC(CNc2nc(NCc4ccccc4Cl)ncc2C#N)C3)CC1. The van der Waals surface area contributed by atoms with Crippen LogP contribution in [0, 0.1) is 35.0 Å². The van der Waals surface area contributed by atoms with Gasteiger partial charge in [-0.3, -0.25) is 0 Å². The van der Waals surface area contributed by atoms with Gasteiger partial charge >= 0.3 is 0 Å². The Balaban J connectivity index is 1.13. The first kappa shape index (κ1) is 28.1. The Morgan fingerprint density at radius 3 is 2.46 bits per heavy atom. The standard InChI is InChI=1S/C31H44ClN7/c1-21(2)39-12-10-22(11-13-39)17-34-29-24-7-5-8-25(29)15-23(14-24)18-35-30-27(16-33)20-37-31(38-30)36-19-26-6-3-4-9-28(26)32/h3-4,6,9,20-25,29,34H,5,7-8,10-15,17-19H2,1-2H3,(H2,35,36,37,38)/t23?,24-,25+,29?. The first-order valence-corrected chi connectivity index (χ1v) is 15.3. The number of fused-ring (bicyclic) bond motifs is 2. The highest BCUT2D eigenvalue weighted by Gasteiger charge is 2.40. The number of nitrogens with zero attached hydrogens (tertiary/aromatic N) is 4. The van der Waals surface area contributed by atoms with Gasteiger partial charge in [0, 0.05) is 30.2 Å². The molecule has 1 aromatic carbocycles. The number of aromatic nitrogens is 2. The molecule has 2 unspecified atom stereocenters. The van der Waals surface area contributed by atoms with Gasteiger partial charge in [0.15, 0.2) is 0 Å². The maximum atomic E-state index is 9.65. The highest BCUT2D eigenvalue weighted by atomic mass is 35.5. The predicted molar refractivity (Wildman–Crippen MR) is 159 cm³/mol. The van der Waals surface area contributed by atoms with Crippen LogP contribution in [-0.2, 0) is 6.54 Å². The Labute approximate surface area is 239 Å². The summed E-state index contributed by atoms with van der Waals surface area (Å²) in [4.78, 5) is 11.6.